The SMILES string of the molecule is CCCC(Oc1cc(C)ccc1C(C)N)C(=O)OCC. The van der Waals surface area contributed by atoms with Crippen LogP contribution in [0.3, 0.4) is 0 Å². The van der Waals surface area contributed by atoms with Gasteiger partial charge in [0.15, 0.2) is 6.10 Å². The summed E-state index contributed by atoms with van der Waals surface area (Å²) in [6.07, 6.45) is 0.910. The monoisotopic (exact) mass is 279 g/mol. The zero-order valence-electron chi connectivity index (χ0n) is 12.8. The first-order valence-electron chi connectivity index (χ1n) is 7.19. The van der Waals surface area contributed by atoms with Crippen LogP contribution in [0.1, 0.15) is 50.8 Å². The normalized spacial score (nSPS) is 13.7. The average molecular weight is 279 g/mol. The van der Waals surface area contributed by atoms with Crippen LogP contribution >= 0.6 is 0 Å². The maximum absolute atomic E-state index is 11.9. The molecule has 0 saturated carbocycles. The summed E-state index contributed by atoms with van der Waals surface area (Å²) < 4.78 is 11.0. The Morgan fingerprint density at radius 3 is 2.60 bits per heavy atom. The van der Waals surface area contributed by atoms with E-state index in [-0.39, 0.29) is 12.0 Å². The molecule has 112 valence electrons. The number of ether oxygens (including phenoxy) is 2. The van der Waals surface area contributed by atoms with Crippen LogP contribution in [-0.4, -0.2) is 18.7 Å². The maximum atomic E-state index is 11.9. The molecule has 2 unspecified atom stereocenters. The van der Waals surface area contributed by atoms with Crippen LogP contribution in [0.5, 0.6) is 5.75 Å². The fourth-order valence-electron chi connectivity index (χ4n) is 2.00. The average Bonchev–Trinajstić information content (AvgIpc) is 2.38. The number of carbonyl (C=O) groups is 1. The molecule has 4 heteroatoms. The van der Waals surface area contributed by atoms with Gasteiger partial charge in [-0.05, 0) is 38.8 Å². The van der Waals surface area contributed by atoms with E-state index in [1.54, 1.807) is 6.92 Å². The molecule has 0 aromatic heterocycles. The molecule has 0 bridgehead atoms. The number of rotatable bonds is 7. The fourth-order valence-corrected chi connectivity index (χ4v) is 2.00. The topological polar surface area (TPSA) is 61.5 Å². The largest absolute Gasteiger partial charge is 0.478 e. The number of benzene rings is 1. The molecular weight excluding hydrogens is 254 g/mol. The highest BCUT2D eigenvalue weighted by Crippen LogP contribution is 2.27. The van der Waals surface area contributed by atoms with Crippen LogP contribution in [0.15, 0.2) is 18.2 Å². The number of esters is 1. The second-order valence-electron chi connectivity index (χ2n) is 4.98. The molecule has 2 atom stereocenters. The van der Waals surface area contributed by atoms with Crippen molar-refractivity contribution in [1.29, 1.82) is 0 Å². The standard InChI is InChI=1S/C16H25NO3/c1-5-7-14(16(18)19-6-2)20-15-10-11(3)8-9-13(15)12(4)17/h8-10,12,14H,5-7,17H2,1-4H3. The zero-order valence-corrected chi connectivity index (χ0v) is 12.8. The van der Waals surface area contributed by atoms with Crippen LogP contribution < -0.4 is 10.5 Å². The maximum Gasteiger partial charge on any atom is 0.347 e. The van der Waals surface area contributed by atoms with E-state index in [0.717, 1.165) is 17.5 Å². The third kappa shape index (κ3) is 4.53. The highest BCUT2D eigenvalue weighted by atomic mass is 16.6. The molecule has 2 N–H and O–H groups in total. The van der Waals surface area contributed by atoms with Crippen molar-refractivity contribution >= 4 is 5.97 Å². The van der Waals surface area contributed by atoms with E-state index in [4.69, 9.17) is 15.2 Å². The van der Waals surface area contributed by atoms with Gasteiger partial charge in [0.05, 0.1) is 6.61 Å². The molecule has 0 spiro atoms. The van der Waals surface area contributed by atoms with Crippen LogP contribution in [0.2, 0.25) is 0 Å². The lowest BCUT2D eigenvalue weighted by Crippen LogP contribution is -2.30. The van der Waals surface area contributed by atoms with Crippen molar-refractivity contribution in [2.24, 2.45) is 5.73 Å². The molecule has 1 rings (SSSR count). The lowest BCUT2D eigenvalue weighted by Gasteiger charge is -2.21. The Morgan fingerprint density at radius 2 is 2.05 bits per heavy atom. The van der Waals surface area contributed by atoms with Crippen molar-refractivity contribution < 1.29 is 14.3 Å². The minimum Gasteiger partial charge on any atom is -0.478 e. The van der Waals surface area contributed by atoms with Gasteiger partial charge in [0.2, 0.25) is 0 Å². The predicted molar refractivity (Wildman–Crippen MR) is 79.7 cm³/mol. The molecule has 0 aliphatic rings. The number of hydrogen-bond acceptors (Lipinski definition) is 4. The Morgan fingerprint density at radius 1 is 1.35 bits per heavy atom. The number of aryl methyl sites for hydroxylation is 1. The lowest BCUT2D eigenvalue weighted by molar-refractivity contribution is -0.151. The summed E-state index contributed by atoms with van der Waals surface area (Å²) in [6.45, 7) is 8.05. The second-order valence-corrected chi connectivity index (χ2v) is 4.98. The van der Waals surface area contributed by atoms with E-state index >= 15 is 0 Å². The molecule has 0 radical (unpaired) electrons. The van der Waals surface area contributed by atoms with Gasteiger partial charge < -0.3 is 15.2 Å². The first-order chi connectivity index (χ1) is 9.49. The lowest BCUT2D eigenvalue weighted by atomic mass is 10.1. The highest BCUT2D eigenvalue weighted by Gasteiger charge is 2.22. The van der Waals surface area contributed by atoms with Gasteiger partial charge in [0.25, 0.3) is 0 Å². The van der Waals surface area contributed by atoms with Crippen molar-refractivity contribution in [3.8, 4) is 5.75 Å². The molecule has 0 aliphatic heterocycles. The number of carbonyl (C=O) groups excluding carboxylic acids is 1. The molecule has 0 saturated heterocycles. The summed E-state index contributed by atoms with van der Waals surface area (Å²) in [4.78, 5) is 11.9. The Hall–Kier alpha value is -1.55. The van der Waals surface area contributed by atoms with E-state index in [0.29, 0.717) is 18.8 Å². The van der Waals surface area contributed by atoms with Gasteiger partial charge in [-0.1, -0.05) is 25.5 Å². The van der Waals surface area contributed by atoms with Gasteiger partial charge in [-0.15, -0.1) is 0 Å². The molecule has 1 aromatic rings. The molecule has 0 amide bonds. The van der Waals surface area contributed by atoms with E-state index in [2.05, 4.69) is 0 Å². The van der Waals surface area contributed by atoms with Gasteiger partial charge in [0.1, 0.15) is 5.75 Å². The fraction of sp³-hybridized carbons (Fsp3) is 0.562. The van der Waals surface area contributed by atoms with Crippen molar-refractivity contribution in [3.63, 3.8) is 0 Å². The van der Waals surface area contributed by atoms with Crippen LogP contribution in [0, 0.1) is 6.92 Å². The van der Waals surface area contributed by atoms with Crippen LogP contribution in [0.25, 0.3) is 0 Å². The summed E-state index contributed by atoms with van der Waals surface area (Å²) in [5.74, 6) is 0.359. The van der Waals surface area contributed by atoms with Gasteiger partial charge in [-0.3, -0.25) is 0 Å². The minimum atomic E-state index is -0.570. The number of nitrogens with two attached hydrogens (primary N) is 1. The van der Waals surface area contributed by atoms with E-state index in [9.17, 15) is 4.79 Å². The first-order valence-corrected chi connectivity index (χ1v) is 7.19. The van der Waals surface area contributed by atoms with Crippen molar-refractivity contribution in [2.45, 2.75) is 52.7 Å². The Balaban J connectivity index is 2.97. The Bertz CT molecular complexity index is 443. The van der Waals surface area contributed by atoms with E-state index < -0.39 is 6.10 Å². The Labute approximate surface area is 121 Å². The second kappa shape index (κ2) is 7.90. The summed E-state index contributed by atoms with van der Waals surface area (Å²) in [7, 11) is 0. The van der Waals surface area contributed by atoms with Crippen molar-refractivity contribution in [3.05, 3.63) is 29.3 Å². The number of hydrogen-bond donors (Lipinski definition) is 1. The Kier molecular flexibility index (Phi) is 6.52. The van der Waals surface area contributed by atoms with Gasteiger partial charge >= 0.3 is 5.97 Å². The van der Waals surface area contributed by atoms with Gasteiger partial charge in [0, 0.05) is 11.6 Å². The highest BCUT2D eigenvalue weighted by molar-refractivity contribution is 5.75. The predicted octanol–water partition coefficient (Wildman–Crippen LogP) is 3.13. The van der Waals surface area contributed by atoms with Crippen molar-refractivity contribution in [2.75, 3.05) is 6.61 Å². The van der Waals surface area contributed by atoms with E-state index in [1.807, 2.05) is 39.0 Å². The molecule has 0 aliphatic carbocycles. The molecular formula is C16H25NO3. The van der Waals surface area contributed by atoms with Crippen LogP contribution in [0.4, 0.5) is 0 Å². The molecule has 1 aromatic carbocycles. The van der Waals surface area contributed by atoms with Gasteiger partial charge in [-0.2, -0.15) is 0 Å². The third-order valence-corrected chi connectivity index (χ3v) is 3.03. The third-order valence-electron chi connectivity index (χ3n) is 3.03. The summed E-state index contributed by atoms with van der Waals surface area (Å²) >= 11 is 0. The molecule has 0 fully saturated rings. The van der Waals surface area contributed by atoms with Gasteiger partial charge in [-0.25, -0.2) is 4.79 Å². The summed E-state index contributed by atoms with van der Waals surface area (Å²) in [5.41, 5.74) is 7.93. The quantitative estimate of drug-likeness (QED) is 0.779. The minimum absolute atomic E-state index is 0.143. The van der Waals surface area contributed by atoms with Crippen molar-refractivity contribution in [1.82, 2.24) is 0 Å². The first kappa shape index (κ1) is 16.5. The van der Waals surface area contributed by atoms with Crippen LogP contribution in [-0.2, 0) is 9.53 Å². The zero-order chi connectivity index (χ0) is 15.1. The summed E-state index contributed by atoms with van der Waals surface area (Å²) in [5, 5.41) is 0. The smallest absolute Gasteiger partial charge is 0.347 e. The molecule has 4 nitrogen and oxygen atoms in total. The molecule has 20 heavy (non-hydrogen) atoms. The summed E-state index contributed by atoms with van der Waals surface area (Å²) in [6, 6.07) is 5.71. The molecule has 0 heterocycles. The van der Waals surface area contributed by atoms with E-state index in [1.165, 1.54) is 0 Å².